The van der Waals surface area contributed by atoms with Crippen molar-refractivity contribution in [3.05, 3.63) is 115 Å². The molecule has 38 heavy (non-hydrogen) atoms. The summed E-state index contributed by atoms with van der Waals surface area (Å²) in [7, 11) is -3.91. The number of hydrogen-bond donors (Lipinski definition) is 0. The molecule has 6 nitrogen and oxygen atoms in total. The average molecular weight is 527 g/mol. The largest absolute Gasteiger partial charge is 0.369 e. The first-order valence-corrected chi connectivity index (χ1v) is 14.1. The molecule has 0 atom stereocenters. The van der Waals surface area contributed by atoms with Gasteiger partial charge in [-0.2, -0.15) is 5.10 Å². The number of piperazine rings is 1. The summed E-state index contributed by atoms with van der Waals surface area (Å²) in [5.41, 5.74) is 3.31. The summed E-state index contributed by atoms with van der Waals surface area (Å²) in [6.07, 6.45) is 0. The van der Waals surface area contributed by atoms with Crippen molar-refractivity contribution >= 4 is 26.4 Å². The van der Waals surface area contributed by atoms with Gasteiger partial charge in [0.15, 0.2) is 5.03 Å². The molecule has 1 fully saturated rings. The van der Waals surface area contributed by atoms with Crippen molar-refractivity contribution in [3.8, 4) is 5.69 Å². The summed E-state index contributed by atoms with van der Waals surface area (Å²) in [5, 5.41) is 5.01. The molecule has 0 bridgehead atoms. The van der Waals surface area contributed by atoms with Crippen LogP contribution in [0.15, 0.2) is 113 Å². The number of sulfone groups is 1. The smallest absolute Gasteiger partial charge is 0.226 e. The van der Waals surface area contributed by atoms with Crippen molar-refractivity contribution in [2.75, 3.05) is 31.1 Å². The van der Waals surface area contributed by atoms with Gasteiger partial charge in [-0.1, -0.05) is 54.6 Å². The summed E-state index contributed by atoms with van der Waals surface area (Å²) >= 11 is 0. The molecule has 2 heterocycles. The summed E-state index contributed by atoms with van der Waals surface area (Å²) in [6.45, 7) is 4.39. The van der Waals surface area contributed by atoms with Gasteiger partial charge in [-0.25, -0.2) is 17.5 Å². The maximum Gasteiger partial charge on any atom is 0.226 e. The Labute approximate surface area is 221 Å². The maximum absolute atomic E-state index is 14.1. The summed E-state index contributed by atoms with van der Waals surface area (Å²) in [6, 6.07) is 30.5. The second kappa shape index (κ2) is 10.0. The van der Waals surface area contributed by atoms with E-state index in [1.54, 1.807) is 42.5 Å². The minimum atomic E-state index is -3.91. The lowest BCUT2D eigenvalue weighted by Crippen LogP contribution is -2.45. The molecule has 5 aromatic rings. The molecule has 0 saturated carbocycles. The lowest BCUT2D eigenvalue weighted by molar-refractivity contribution is 0.250. The van der Waals surface area contributed by atoms with Gasteiger partial charge in [-0.3, -0.25) is 4.90 Å². The van der Waals surface area contributed by atoms with Gasteiger partial charge < -0.3 is 4.90 Å². The van der Waals surface area contributed by atoms with Crippen molar-refractivity contribution in [3.63, 3.8) is 0 Å². The fraction of sp³-hybridized carbons (Fsp3) is 0.167. The molecule has 6 rings (SSSR count). The molecule has 0 radical (unpaired) electrons. The first-order chi connectivity index (χ1) is 18.5. The van der Waals surface area contributed by atoms with E-state index in [4.69, 9.17) is 0 Å². The van der Waals surface area contributed by atoms with Gasteiger partial charge in [-0.15, -0.1) is 0 Å². The first kappa shape index (κ1) is 24.3. The fourth-order valence-corrected chi connectivity index (χ4v) is 6.38. The second-order valence-electron chi connectivity index (χ2n) is 9.46. The van der Waals surface area contributed by atoms with E-state index in [0.717, 1.165) is 38.4 Å². The summed E-state index contributed by atoms with van der Waals surface area (Å²) in [4.78, 5) is 4.88. The minimum absolute atomic E-state index is 0.0347. The van der Waals surface area contributed by atoms with Gasteiger partial charge in [0, 0.05) is 43.8 Å². The SMILES string of the molecule is O=S(=O)(c1ccccc1)c1nn(-c2cccc(F)c2)c2ccc(N3CCN(Cc4ccccc4)CC3)cc12. The van der Waals surface area contributed by atoms with Gasteiger partial charge in [0.05, 0.1) is 16.1 Å². The fourth-order valence-electron chi connectivity index (χ4n) is 5.00. The number of benzene rings is 4. The van der Waals surface area contributed by atoms with E-state index in [2.05, 4.69) is 39.2 Å². The normalized spacial score (nSPS) is 14.7. The molecule has 192 valence electrons. The zero-order valence-corrected chi connectivity index (χ0v) is 21.6. The highest BCUT2D eigenvalue weighted by Gasteiger charge is 2.27. The molecular formula is C30H27FN4O2S. The van der Waals surface area contributed by atoms with Crippen LogP contribution in [0.4, 0.5) is 10.1 Å². The predicted molar refractivity (Wildman–Crippen MR) is 147 cm³/mol. The lowest BCUT2D eigenvalue weighted by atomic mass is 10.1. The highest BCUT2D eigenvalue weighted by Crippen LogP contribution is 2.33. The van der Waals surface area contributed by atoms with Gasteiger partial charge in [0.2, 0.25) is 9.84 Å². The quantitative estimate of drug-likeness (QED) is 0.300. The number of rotatable bonds is 6. The van der Waals surface area contributed by atoms with Crippen LogP contribution in [-0.2, 0) is 16.4 Å². The third-order valence-corrected chi connectivity index (χ3v) is 8.68. The van der Waals surface area contributed by atoms with Crippen LogP contribution in [0, 0.1) is 5.82 Å². The van der Waals surface area contributed by atoms with Crippen LogP contribution in [0.2, 0.25) is 0 Å². The number of halogens is 1. The van der Waals surface area contributed by atoms with Crippen LogP contribution in [-0.4, -0.2) is 49.3 Å². The monoisotopic (exact) mass is 526 g/mol. The van der Waals surface area contributed by atoms with Crippen molar-refractivity contribution in [2.24, 2.45) is 0 Å². The number of anilines is 1. The third kappa shape index (κ3) is 4.68. The van der Waals surface area contributed by atoms with Gasteiger partial charge in [0.25, 0.3) is 0 Å². The van der Waals surface area contributed by atoms with E-state index in [1.807, 2.05) is 24.3 Å². The van der Waals surface area contributed by atoms with Crippen LogP contribution in [0.1, 0.15) is 5.56 Å². The standard InChI is InChI=1S/C30H27FN4O2S/c31-24-10-7-11-26(20-24)35-29-15-14-25(34-18-16-33(17-19-34)22-23-8-3-1-4-9-23)21-28(29)30(32-35)38(36,37)27-12-5-2-6-13-27/h1-15,20-21H,16-19,22H2. The average Bonchev–Trinajstić information content (AvgIpc) is 3.34. The Morgan fingerprint density at radius 1 is 0.737 bits per heavy atom. The van der Waals surface area contributed by atoms with E-state index >= 15 is 0 Å². The van der Waals surface area contributed by atoms with Gasteiger partial charge >= 0.3 is 0 Å². The van der Waals surface area contributed by atoms with Crippen LogP contribution >= 0.6 is 0 Å². The maximum atomic E-state index is 14.1. The van der Waals surface area contributed by atoms with E-state index in [1.165, 1.54) is 22.4 Å². The Morgan fingerprint density at radius 3 is 2.16 bits per heavy atom. The molecule has 0 unspecified atom stereocenters. The van der Waals surface area contributed by atoms with E-state index in [-0.39, 0.29) is 9.92 Å². The van der Waals surface area contributed by atoms with Crippen LogP contribution in [0.3, 0.4) is 0 Å². The molecule has 0 amide bonds. The number of fused-ring (bicyclic) bond motifs is 1. The Kier molecular flexibility index (Phi) is 6.43. The molecule has 1 aromatic heterocycles. The molecule has 1 aliphatic rings. The minimum Gasteiger partial charge on any atom is -0.369 e. The Morgan fingerprint density at radius 2 is 1.45 bits per heavy atom. The topological polar surface area (TPSA) is 58.4 Å². The molecule has 4 aromatic carbocycles. The molecule has 1 aliphatic heterocycles. The predicted octanol–water partition coefficient (Wildman–Crippen LogP) is 5.32. The Hall–Kier alpha value is -4.01. The zero-order valence-electron chi connectivity index (χ0n) is 20.7. The highest BCUT2D eigenvalue weighted by molar-refractivity contribution is 7.91. The number of nitrogens with zero attached hydrogens (tertiary/aromatic N) is 4. The summed E-state index contributed by atoms with van der Waals surface area (Å²) < 4.78 is 43.0. The van der Waals surface area contributed by atoms with Gasteiger partial charge in [-0.05, 0) is 54.1 Å². The van der Waals surface area contributed by atoms with E-state index < -0.39 is 15.7 Å². The van der Waals surface area contributed by atoms with Crippen LogP contribution < -0.4 is 4.90 Å². The molecular weight excluding hydrogens is 499 g/mol. The van der Waals surface area contributed by atoms with Crippen molar-refractivity contribution in [1.29, 1.82) is 0 Å². The molecule has 8 heteroatoms. The van der Waals surface area contributed by atoms with E-state index in [9.17, 15) is 12.8 Å². The van der Waals surface area contributed by atoms with Crippen LogP contribution in [0.5, 0.6) is 0 Å². The second-order valence-corrected chi connectivity index (χ2v) is 11.3. The highest BCUT2D eigenvalue weighted by atomic mass is 32.2. The number of hydrogen-bond acceptors (Lipinski definition) is 5. The molecule has 0 spiro atoms. The molecule has 0 N–H and O–H groups in total. The first-order valence-electron chi connectivity index (χ1n) is 12.6. The molecule has 1 saturated heterocycles. The Bertz CT molecular complexity index is 1680. The third-order valence-electron chi connectivity index (χ3n) is 6.98. The van der Waals surface area contributed by atoms with Crippen molar-refractivity contribution in [2.45, 2.75) is 16.5 Å². The number of aromatic nitrogens is 2. The van der Waals surface area contributed by atoms with Gasteiger partial charge in [0.1, 0.15) is 5.82 Å². The molecule has 0 aliphatic carbocycles. The van der Waals surface area contributed by atoms with Crippen LogP contribution in [0.25, 0.3) is 16.6 Å². The van der Waals surface area contributed by atoms with Crippen molar-refractivity contribution < 1.29 is 12.8 Å². The summed E-state index contributed by atoms with van der Waals surface area (Å²) in [5.74, 6) is -0.413. The van der Waals surface area contributed by atoms with Crippen molar-refractivity contribution in [1.82, 2.24) is 14.7 Å². The lowest BCUT2D eigenvalue weighted by Gasteiger charge is -2.36. The zero-order chi connectivity index (χ0) is 26.1. The van der Waals surface area contributed by atoms with E-state index in [0.29, 0.717) is 16.6 Å². The Balaban J connectivity index is 1.37.